The maximum atomic E-state index is 10.6. The summed E-state index contributed by atoms with van der Waals surface area (Å²) in [5, 5.41) is 5.85. The molecule has 0 aliphatic carbocycles. The average molecular weight is 281 g/mol. The maximum Gasteiger partial charge on any atom is 0.312 e. The van der Waals surface area contributed by atoms with Crippen molar-refractivity contribution in [1.82, 2.24) is 10.6 Å². The van der Waals surface area contributed by atoms with Crippen molar-refractivity contribution in [3.8, 4) is 5.75 Å². The Morgan fingerprint density at radius 3 is 2.70 bits per heavy atom. The summed E-state index contributed by atoms with van der Waals surface area (Å²) in [4.78, 5) is 10.6. The monoisotopic (exact) mass is 281 g/mol. The summed E-state index contributed by atoms with van der Waals surface area (Å²) in [6.07, 6.45) is 0. The van der Waals surface area contributed by atoms with Crippen molar-refractivity contribution in [2.24, 2.45) is 5.73 Å². The van der Waals surface area contributed by atoms with E-state index in [0.29, 0.717) is 19.7 Å². The molecule has 4 N–H and O–H groups in total. The molecule has 0 heterocycles. The van der Waals surface area contributed by atoms with Crippen molar-refractivity contribution in [2.45, 2.75) is 19.6 Å². The molecule has 1 aromatic carbocycles. The highest BCUT2D eigenvalue weighted by Gasteiger charge is 2.09. The first-order valence-electron chi connectivity index (χ1n) is 6.51. The standard InChI is InChI=1S/C14H23N3O3/c1-10(16-6-7-17-14(15)18)11-4-5-13(20-3)12(8-11)9-19-2/h4-5,8,10,16H,6-7,9H2,1-3H3,(H3,15,17,18). The van der Waals surface area contributed by atoms with Crippen LogP contribution in [0.15, 0.2) is 18.2 Å². The summed E-state index contributed by atoms with van der Waals surface area (Å²) in [5.74, 6) is 0.818. The van der Waals surface area contributed by atoms with Crippen LogP contribution in [0, 0.1) is 0 Å². The van der Waals surface area contributed by atoms with Crippen LogP contribution in [-0.2, 0) is 11.3 Å². The molecule has 0 spiro atoms. The predicted molar refractivity (Wildman–Crippen MR) is 77.7 cm³/mol. The second-order valence-corrected chi connectivity index (χ2v) is 4.47. The second-order valence-electron chi connectivity index (χ2n) is 4.47. The highest BCUT2D eigenvalue weighted by molar-refractivity contribution is 5.71. The summed E-state index contributed by atoms with van der Waals surface area (Å²) in [5.41, 5.74) is 7.15. The van der Waals surface area contributed by atoms with Crippen molar-refractivity contribution in [2.75, 3.05) is 27.3 Å². The van der Waals surface area contributed by atoms with Crippen LogP contribution in [0.2, 0.25) is 0 Å². The average Bonchev–Trinajstić information content (AvgIpc) is 2.43. The van der Waals surface area contributed by atoms with Crippen molar-refractivity contribution >= 4 is 6.03 Å². The zero-order valence-corrected chi connectivity index (χ0v) is 12.2. The normalized spacial score (nSPS) is 11.9. The number of hydrogen-bond acceptors (Lipinski definition) is 4. The molecule has 0 aromatic heterocycles. The third-order valence-corrected chi connectivity index (χ3v) is 2.98. The van der Waals surface area contributed by atoms with E-state index in [9.17, 15) is 4.79 Å². The predicted octanol–water partition coefficient (Wildman–Crippen LogP) is 1.16. The van der Waals surface area contributed by atoms with E-state index in [0.717, 1.165) is 16.9 Å². The number of nitrogens with two attached hydrogens (primary N) is 1. The fraction of sp³-hybridized carbons (Fsp3) is 0.500. The Morgan fingerprint density at radius 2 is 2.10 bits per heavy atom. The van der Waals surface area contributed by atoms with E-state index in [2.05, 4.69) is 23.6 Å². The minimum absolute atomic E-state index is 0.159. The van der Waals surface area contributed by atoms with Crippen LogP contribution < -0.4 is 21.1 Å². The molecule has 0 bridgehead atoms. The lowest BCUT2D eigenvalue weighted by molar-refractivity contribution is 0.181. The number of nitrogens with one attached hydrogen (secondary N) is 2. The molecule has 0 saturated carbocycles. The summed E-state index contributed by atoms with van der Waals surface area (Å²) >= 11 is 0. The number of hydrogen-bond donors (Lipinski definition) is 3. The van der Waals surface area contributed by atoms with Gasteiger partial charge in [0.2, 0.25) is 0 Å². The van der Waals surface area contributed by atoms with Gasteiger partial charge in [-0.25, -0.2) is 4.79 Å². The molecule has 0 fully saturated rings. The van der Waals surface area contributed by atoms with E-state index < -0.39 is 6.03 Å². The van der Waals surface area contributed by atoms with Gasteiger partial charge in [-0.3, -0.25) is 0 Å². The van der Waals surface area contributed by atoms with Gasteiger partial charge in [0.05, 0.1) is 13.7 Å². The summed E-state index contributed by atoms with van der Waals surface area (Å²) in [7, 11) is 3.30. The molecule has 2 amide bonds. The Hall–Kier alpha value is -1.79. The van der Waals surface area contributed by atoms with Crippen molar-refractivity contribution in [3.63, 3.8) is 0 Å². The van der Waals surface area contributed by atoms with E-state index >= 15 is 0 Å². The van der Waals surface area contributed by atoms with Gasteiger partial charge in [0.15, 0.2) is 0 Å². The highest BCUT2D eigenvalue weighted by Crippen LogP contribution is 2.23. The first-order chi connectivity index (χ1) is 9.58. The van der Waals surface area contributed by atoms with E-state index in [1.54, 1.807) is 14.2 Å². The van der Waals surface area contributed by atoms with Crippen LogP contribution in [0.3, 0.4) is 0 Å². The SMILES string of the molecule is COCc1cc(C(C)NCCNC(N)=O)ccc1OC. The third-order valence-electron chi connectivity index (χ3n) is 2.98. The van der Waals surface area contributed by atoms with E-state index in [4.69, 9.17) is 15.2 Å². The van der Waals surface area contributed by atoms with Gasteiger partial charge in [-0.1, -0.05) is 6.07 Å². The lowest BCUT2D eigenvalue weighted by Gasteiger charge is -2.17. The number of carbonyl (C=O) groups is 1. The minimum Gasteiger partial charge on any atom is -0.496 e. The third kappa shape index (κ3) is 5.07. The number of rotatable bonds is 8. The van der Waals surface area contributed by atoms with Gasteiger partial charge in [0.1, 0.15) is 5.75 Å². The molecule has 0 saturated heterocycles. The van der Waals surface area contributed by atoms with Gasteiger partial charge >= 0.3 is 6.03 Å². The van der Waals surface area contributed by atoms with Crippen molar-refractivity contribution < 1.29 is 14.3 Å². The molecule has 1 atom stereocenters. The second kappa shape index (κ2) is 8.39. The summed E-state index contributed by atoms with van der Waals surface area (Å²) in [6.45, 7) is 3.71. The number of primary amides is 1. The van der Waals surface area contributed by atoms with Gasteiger partial charge in [-0.15, -0.1) is 0 Å². The van der Waals surface area contributed by atoms with Gasteiger partial charge in [-0.05, 0) is 24.6 Å². The molecule has 20 heavy (non-hydrogen) atoms. The molecule has 0 aliphatic heterocycles. The number of carbonyl (C=O) groups excluding carboxylic acids is 1. The van der Waals surface area contributed by atoms with E-state index in [1.165, 1.54) is 0 Å². The van der Waals surface area contributed by atoms with Crippen LogP contribution in [0.5, 0.6) is 5.75 Å². The summed E-state index contributed by atoms with van der Waals surface area (Å²) < 4.78 is 10.5. The molecule has 0 aliphatic rings. The number of benzene rings is 1. The molecule has 112 valence electrons. The van der Waals surface area contributed by atoms with Gasteiger partial charge in [-0.2, -0.15) is 0 Å². The molecule has 1 rings (SSSR count). The molecule has 0 radical (unpaired) electrons. The Labute approximate surface area is 119 Å². The zero-order chi connectivity index (χ0) is 15.0. The van der Waals surface area contributed by atoms with E-state index in [1.807, 2.05) is 12.1 Å². The topological polar surface area (TPSA) is 85.6 Å². The maximum absolute atomic E-state index is 10.6. The smallest absolute Gasteiger partial charge is 0.312 e. The summed E-state index contributed by atoms with van der Waals surface area (Å²) in [6, 6.07) is 5.65. The number of methoxy groups -OCH3 is 2. The van der Waals surface area contributed by atoms with Crippen LogP contribution in [0.25, 0.3) is 0 Å². The van der Waals surface area contributed by atoms with Gasteiger partial charge in [0.25, 0.3) is 0 Å². The van der Waals surface area contributed by atoms with Crippen LogP contribution in [0.1, 0.15) is 24.1 Å². The Kier molecular flexibility index (Phi) is 6.83. The Bertz CT molecular complexity index is 438. The first kappa shape index (κ1) is 16.3. The zero-order valence-electron chi connectivity index (χ0n) is 12.2. The van der Waals surface area contributed by atoms with E-state index in [-0.39, 0.29) is 6.04 Å². The minimum atomic E-state index is -0.508. The van der Waals surface area contributed by atoms with Gasteiger partial charge in [0, 0.05) is 31.8 Å². The molecule has 6 nitrogen and oxygen atoms in total. The van der Waals surface area contributed by atoms with Crippen LogP contribution in [0.4, 0.5) is 4.79 Å². The molecule has 1 unspecified atom stereocenters. The van der Waals surface area contributed by atoms with Crippen LogP contribution >= 0.6 is 0 Å². The van der Waals surface area contributed by atoms with Gasteiger partial charge < -0.3 is 25.8 Å². The van der Waals surface area contributed by atoms with Crippen molar-refractivity contribution in [1.29, 1.82) is 0 Å². The molecular formula is C14H23N3O3. The Balaban J connectivity index is 2.60. The molecule has 1 aromatic rings. The lowest BCUT2D eigenvalue weighted by atomic mass is 10.0. The highest BCUT2D eigenvalue weighted by atomic mass is 16.5. The van der Waals surface area contributed by atoms with Crippen molar-refractivity contribution in [3.05, 3.63) is 29.3 Å². The first-order valence-corrected chi connectivity index (χ1v) is 6.51. The largest absolute Gasteiger partial charge is 0.496 e. The fourth-order valence-electron chi connectivity index (χ4n) is 1.93. The quantitative estimate of drug-likeness (QED) is 0.624. The molecule has 6 heteroatoms. The Morgan fingerprint density at radius 1 is 1.35 bits per heavy atom. The fourth-order valence-corrected chi connectivity index (χ4v) is 1.93. The number of amides is 2. The number of ether oxygens (including phenoxy) is 2. The number of urea groups is 1. The van der Waals surface area contributed by atoms with Crippen LogP contribution in [-0.4, -0.2) is 33.3 Å². The molecular weight excluding hydrogens is 258 g/mol. The lowest BCUT2D eigenvalue weighted by Crippen LogP contribution is -2.36.